The molecule has 0 aliphatic heterocycles. The number of aryl methyl sites for hydroxylation is 1. The van der Waals surface area contributed by atoms with Gasteiger partial charge in [0, 0.05) is 40.4 Å². The van der Waals surface area contributed by atoms with Crippen LogP contribution in [0.1, 0.15) is 30.2 Å². The van der Waals surface area contributed by atoms with Crippen molar-refractivity contribution in [3.05, 3.63) is 84.1 Å². The Balaban J connectivity index is 1.94. The molecule has 0 spiro atoms. The molecule has 6 heteroatoms. The highest BCUT2D eigenvalue weighted by atomic mass is 19.4. The Morgan fingerprint density at radius 2 is 1.73 bits per heavy atom. The second-order valence-corrected chi connectivity index (χ2v) is 7.00. The summed E-state index contributed by atoms with van der Waals surface area (Å²) >= 11 is 0. The number of alkyl halides is 3. The summed E-state index contributed by atoms with van der Waals surface area (Å²) in [5.74, 6) is 0. The van der Waals surface area contributed by atoms with E-state index in [0.29, 0.717) is 17.1 Å². The number of halogens is 3. The van der Waals surface area contributed by atoms with Crippen LogP contribution in [0.4, 0.5) is 24.5 Å². The second kappa shape index (κ2) is 9.03. The van der Waals surface area contributed by atoms with Gasteiger partial charge in [0.25, 0.3) is 0 Å². The zero-order valence-corrected chi connectivity index (χ0v) is 17.0. The number of pyridine rings is 1. The molecule has 0 bridgehead atoms. The van der Waals surface area contributed by atoms with Gasteiger partial charge < -0.3 is 10.6 Å². The predicted molar refractivity (Wildman–Crippen MR) is 117 cm³/mol. The molecule has 0 fully saturated rings. The van der Waals surface area contributed by atoms with Crippen LogP contribution in [-0.2, 0) is 6.18 Å². The Labute approximate surface area is 174 Å². The first kappa shape index (κ1) is 21.4. The minimum Gasteiger partial charge on any atom is -0.385 e. The lowest BCUT2D eigenvalue weighted by molar-refractivity contribution is -0.137. The molecule has 1 aromatic heterocycles. The van der Waals surface area contributed by atoms with Crippen molar-refractivity contribution >= 4 is 17.1 Å². The molecule has 3 rings (SSSR count). The molecule has 156 valence electrons. The van der Waals surface area contributed by atoms with Gasteiger partial charge in [0.1, 0.15) is 0 Å². The van der Waals surface area contributed by atoms with E-state index in [0.717, 1.165) is 30.3 Å². The second-order valence-electron chi connectivity index (χ2n) is 7.00. The van der Waals surface area contributed by atoms with Gasteiger partial charge in [-0.05, 0) is 37.6 Å². The Hall–Kier alpha value is -3.28. The minimum absolute atomic E-state index is 0.0485. The normalized spacial score (nSPS) is 11.2. The van der Waals surface area contributed by atoms with Crippen LogP contribution in [0.3, 0.4) is 0 Å². The summed E-state index contributed by atoms with van der Waals surface area (Å²) in [6.45, 7) is 8.80. The molecule has 2 aromatic carbocycles. The molecule has 30 heavy (non-hydrogen) atoms. The highest BCUT2D eigenvalue weighted by molar-refractivity contribution is 5.83. The van der Waals surface area contributed by atoms with E-state index in [1.807, 2.05) is 24.3 Å². The zero-order chi connectivity index (χ0) is 21.7. The van der Waals surface area contributed by atoms with Crippen molar-refractivity contribution in [3.8, 4) is 11.3 Å². The van der Waals surface area contributed by atoms with Crippen molar-refractivity contribution in [2.75, 3.05) is 17.2 Å². The Morgan fingerprint density at radius 1 is 1.03 bits per heavy atom. The lowest BCUT2D eigenvalue weighted by atomic mass is 10.0. The number of aromatic nitrogens is 1. The van der Waals surface area contributed by atoms with E-state index in [4.69, 9.17) is 0 Å². The van der Waals surface area contributed by atoms with E-state index in [1.165, 1.54) is 12.1 Å². The number of nitrogens with one attached hydrogen (secondary N) is 2. The molecule has 0 radical (unpaired) electrons. The van der Waals surface area contributed by atoms with E-state index >= 15 is 0 Å². The molecule has 0 aliphatic carbocycles. The van der Waals surface area contributed by atoms with Crippen LogP contribution < -0.4 is 10.6 Å². The quantitative estimate of drug-likeness (QED) is 0.440. The van der Waals surface area contributed by atoms with E-state index < -0.39 is 11.7 Å². The Morgan fingerprint density at radius 3 is 2.47 bits per heavy atom. The minimum atomic E-state index is -4.46. The summed E-state index contributed by atoms with van der Waals surface area (Å²) in [6.07, 6.45) is -3.47. The van der Waals surface area contributed by atoms with Gasteiger partial charge in [0.05, 0.1) is 11.3 Å². The molecule has 3 aromatic rings. The molecule has 0 amide bonds. The highest BCUT2D eigenvalue weighted by Gasteiger charge is 2.33. The van der Waals surface area contributed by atoms with Gasteiger partial charge in [0.2, 0.25) is 0 Å². The third-order valence-electron chi connectivity index (χ3n) is 4.57. The molecule has 0 unspecified atom stereocenters. The van der Waals surface area contributed by atoms with Crippen molar-refractivity contribution in [3.63, 3.8) is 0 Å². The van der Waals surface area contributed by atoms with Crippen LogP contribution >= 0.6 is 0 Å². The van der Waals surface area contributed by atoms with Crippen molar-refractivity contribution in [2.45, 2.75) is 26.4 Å². The maximum absolute atomic E-state index is 13.4. The molecule has 0 saturated heterocycles. The third kappa shape index (κ3) is 5.00. The zero-order valence-electron chi connectivity index (χ0n) is 17.0. The number of hydrogen-bond acceptors (Lipinski definition) is 3. The van der Waals surface area contributed by atoms with Crippen LogP contribution in [0, 0.1) is 6.92 Å². The third-order valence-corrected chi connectivity index (χ3v) is 4.57. The Kier molecular flexibility index (Phi) is 6.45. The molecule has 2 N–H and O–H groups in total. The van der Waals surface area contributed by atoms with Gasteiger partial charge in [-0.3, -0.25) is 4.98 Å². The average molecular weight is 411 g/mol. The van der Waals surface area contributed by atoms with Crippen molar-refractivity contribution < 1.29 is 13.2 Å². The summed E-state index contributed by atoms with van der Waals surface area (Å²) < 4.78 is 40.3. The van der Waals surface area contributed by atoms with E-state index in [-0.39, 0.29) is 11.3 Å². The molecular formula is C24H24F3N3. The molecule has 0 atom stereocenters. The molecule has 0 saturated carbocycles. The highest BCUT2D eigenvalue weighted by Crippen LogP contribution is 2.37. The van der Waals surface area contributed by atoms with Gasteiger partial charge in [-0.25, -0.2) is 0 Å². The standard InChI is InChI=1S/C24H24F3N3/c1-4-13-28-22-12-8-6-9-19(22)17(3)30-18-14-16(2)29-23(15-18)20-10-5-7-11-21(20)24(25,26)27/h5-12,14-15,28H,3-4,13H2,1-2H3,(H,29,30). The first-order valence-corrected chi connectivity index (χ1v) is 9.74. The summed E-state index contributed by atoms with van der Waals surface area (Å²) in [4.78, 5) is 4.33. The van der Waals surface area contributed by atoms with E-state index in [2.05, 4.69) is 29.1 Å². The lowest BCUT2D eigenvalue weighted by Crippen LogP contribution is -2.08. The van der Waals surface area contributed by atoms with E-state index in [9.17, 15) is 13.2 Å². The fourth-order valence-electron chi connectivity index (χ4n) is 3.23. The smallest absolute Gasteiger partial charge is 0.385 e. The topological polar surface area (TPSA) is 37.0 Å². The number of benzene rings is 2. The first-order chi connectivity index (χ1) is 14.3. The number of anilines is 2. The number of rotatable bonds is 7. The fraction of sp³-hybridized carbons (Fsp3) is 0.208. The summed E-state index contributed by atoms with van der Waals surface area (Å²) in [7, 11) is 0. The lowest BCUT2D eigenvalue weighted by Gasteiger charge is -2.17. The monoisotopic (exact) mass is 411 g/mol. The van der Waals surface area contributed by atoms with Crippen LogP contribution in [-0.4, -0.2) is 11.5 Å². The Bertz CT molecular complexity index is 1040. The molecular weight excluding hydrogens is 387 g/mol. The van der Waals surface area contributed by atoms with Crippen molar-refractivity contribution in [2.24, 2.45) is 0 Å². The van der Waals surface area contributed by atoms with Gasteiger partial charge in [-0.15, -0.1) is 0 Å². The van der Waals surface area contributed by atoms with Crippen LogP contribution in [0.5, 0.6) is 0 Å². The number of hydrogen-bond donors (Lipinski definition) is 2. The SMILES string of the molecule is C=C(Nc1cc(C)nc(-c2ccccc2C(F)(F)F)c1)c1ccccc1NCCC. The van der Waals surface area contributed by atoms with Gasteiger partial charge in [-0.2, -0.15) is 13.2 Å². The van der Waals surface area contributed by atoms with Crippen molar-refractivity contribution in [1.82, 2.24) is 4.98 Å². The number of para-hydroxylation sites is 1. The summed E-state index contributed by atoms with van der Waals surface area (Å²) in [6, 6.07) is 16.6. The van der Waals surface area contributed by atoms with E-state index in [1.54, 1.807) is 25.1 Å². The maximum Gasteiger partial charge on any atom is 0.417 e. The number of nitrogens with zero attached hydrogens (tertiary/aromatic N) is 1. The van der Waals surface area contributed by atoms with Gasteiger partial charge in [-0.1, -0.05) is 49.9 Å². The predicted octanol–water partition coefficient (Wildman–Crippen LogP) is 6.98. The van der Waals surface area contributed by atoms with Crippen LogP contribution in [0.2, 0.25) is 0 Å². The largest absolute Gasteiger partial charge is 0.417 e. The fourth-order valence-corrected chi connectivity index (χ4v) is 3.23. The molecule has 3 nitrogen and oxygen atoms in total. The van der Waals surface area contributed by atoms with Crippen LogP contribution in [0.15, 0.2) is 67.2 Å². The maximum atomic E-state index is 13.4. The average Bonchev–Trinajstić information content (AvgIpc) is 2.71. The first-order valence-electron chi connectivity index (χ1n) is 9.74. The summed E-state index contributed by atoms with van der Waals surface area (Å²) in [5, 5.41) is 6.59. The van der Waals surface area contributed by atoms with Crippen molar-refractivity contribution in [1.29, 1.82) is 0 Å². The molecule has 0 aliphatic rings. The van der Waals surface area contributed by atoms with Crippen LogP contribution in [0.25, 0.3) is 17.0 Å². The van der Waals surface area contributed by atoms with Gasteiger partial charge in [0.15, 0.2) is 0 Å². The molecule has 1 heterocycles. The summed E-state index contributed by atoms with van der Waals surface area (Å²) in [5.41, 5.74) is 3.34. The van der Waals surface area contributed by atoms with Gasteiger partial charge >= 0.3 is 6.18 Å².